The molecule has 0 unspecified atom stereocenters. The number of rotatable bonds is 5. The number of piperazine rings is 1. The van der Waals surface area contributed by atoms with Gasteiger partial charge in [0.2, 0.25) is 0 Å². The normalized spacial score (nSPS) is 14.1. The Morgan fingerprint density at radius 2 is 1.69 bits per heavy atom. The number of benzene rings is 1. The molecule has 0 atom stereocenters. The summed E-state index contributed by atoms with van der Waals surface area (Å²) in [5.41, 5.74) is 3.66. The van der Waals surface area contributed by atoms with Gasteiger partial charge in [0.25, 0.3) is 0 Å². The third kappa shape index (κ3) is 3.80. The molecule has 3 aromatic heterocycles. The molecule has 0 radical (unpaired) electrons. The molecule has 7 nitrogen and oxygen atoms in total. The summed E-state index contributed by atoms with van der Waals surface area (Å²) < 4.78 is 12.9. The number of anilines is 2. The quantitative estimate of drug-likeness (QED) is 0.450. The molecule has 8 heteroatoms. The van der Waals surface area contributed by atoms with Crippen LogP contribution in [0.15, 0.2) is 61.1 Å². The molecule has 0 amide bonds. The Morgan fingerprint density at radius 1 is 0.906 bits per heavy atom. The van der Waals surface area contributed by atoms with Gasteiger partial charge in [-0.15, -0.1) is 0 Å². The van der Waals surface area contributed by atoms with Crippen LogP contribution >= 0.6 is 11.6 Å². The van der Waals surface area contributed by atoms with Gasteiger partial charge in [0, 0.05) is 68.2 Å². The number of aromatic nitrogens is 3. The number of imidazole rings is 1. The van der Waals surface area contributed by atoms with Gasteiger partial charge in [-0.3, -0.25) is 0 Å². The third-order valence-electron chi connectivity index (χ3n) is 5.81. The van der Waals surface area contributed by atoms with Crippen molar-refractivity contribution < 1.29 is 9.47 Å². The molecule has 0 saturated carbocycles. The Hall–Kier alpha value is -3.45. The van der Waals surface area contributed by atoms with Crippen LogP contribution in [0, 0.1) is 0 Å². The predicted molar refractivity (Wildman–Crippen MR) is 127 cm³/mol. The molecular formula is C24H24ClN5O2. The lowest BCUT2D eigenvalue weighted by Crippen LogP contribution is -2.46. The summed E-state index contributed by atoms with van der Waals surface area (Å²) in [5, 5.41) is 0.520. The fourth-order valence-electron chi connectivity index (χ4n) is 4.09. The second-order valence-corrected chi connectivity index (χ2v) is 8.03. The first kappa shape index (κ1) is 20.5. The maximum absolute atomic E-state index is 6.36. The molecule has 1 saturated heterocycles. The maximum atomic E-state index is 6.36. The number of halogens is 1. The Morgan fingerprint density at radius 3 is 2.41 bits per heavy atom. The van der Waals surface area contributed by atoms with Crippen molar-refractivity contribution in [3.05, 3.63) is 66.1 Å². The Labute approximate surface area is 191 Å². The highest BCUT2D eigenvalue weighted by molar-refractivity contribution is 6.32. The molecule has 4 heterocycles. The van der Waals surface area contributed by atoms with Gasteiger partial charge in [-0.05, 0) is 24.3 Å². The van der Waals surface area contributed by atoms with E-state index in [1.807, 2.05) is 41.2 Å². The Kier molecular flexibility index (Phi) is 5.49. The van der Waals surface area contributed by atoms with Crippen molar-refractivity contribution >= 4 is 28.8 Å². The molecule has 1 aliphatic heterocycles. The minimum atomic E-state index is 0.520. The number of hydrogen-bond acceptors (Lipinski definition) is 6. The molecule has 1 aliphatic rings. The molecule has 5 rings (SSSR count). The van der Waals surface area contributed by atoms with Crippen molar-refractivity contribution in [2.45, 2.75) is 0 Å². The monoisotopic (exact) mass is 449 g/mol. The number of nitrogens with zero attached hydrogens (tertiary/aromatic N) is 5. The van der Waals surface area contributed by atoms with E-state index in [0.29, 0.717) is 16.5 Å². The van der Waals surface area contributed by atoms with Crippen molar-refractivity contribution in [2.24, 2.45) is 0 Å². The van der Waals surface area contributed by atoms with E-state index in [4.69, 9.17) is 26.1 Å². The highest BCUT2D eigenvalue weighted by Crippen LogP contribution is 2.38. The van der Waals surface area contributed by atoms with Crippen LogP contribution in [0.25, 0.3) is 16.9 Å². The zero-order valence-electron chi connectivity index (χ0n) is 18.0. The van der Waals surface area contributed by atoms with E-state index in [1.165, 1.54) is 0 Å². The maximum Gasteiger partial charge on any atom is 0.141 e. The van der Waals surface area contributed by atoms with Crippen LogP contribution in [-0.4, -0.2) is 54.8 Å². The van der Waals surface area contributed by atoms with Crippen molar-refractivity contribution in [3.63, 3.8) is 0 Å². The fraction of sp³-hybridized carbons (Fsp3) is 0.250. The number of pyridine rings is 2. The van der Waals surface area contributed by atoms with Gasteiger partial charge >= 0.3 is 0 Å². The van der Waals surface area contributed by atoms with E-state index in [0.717, 1.165) is 54.6 Å². The van der Waals surface area contributed by atoms with Gasteiger partial charge in [-0.25, -0.2) is 9.97 Å². The van der Waals surface area contributed by atoms with Crippen LogP contribution in [0.5, 0.6) is 11.5 Å². The minimum absolute atomic E-state index is 0.520. The van der Waals surface area contributed by atoms with Crippen LogP contribution in [-0.2, 0) is 0 Å². The van der Waals surface area contributed by atoms with Gasteiger partial charge in [0.15, 0.2) is 0 Å². The van der Waals surface area contributed by atoms with Gasteiger partial charge in [-0.1, -0.05) is 17.7 Å². The second-order valence-electron chi connectivity index (χ2n) is 7.63. The van der Waals surface area contributed by atoms with Crippen molar-refractivity contribution in [1.82, 2.24) is 14.4 Å². The average Bonchev–Trinajstić information content (AvgIpc) is 3.28. The summed E-state index contributed by atoms with van der Waals surface area (Å²) in [6.45, 7) is 3.73. The average molecular weight is 450 g/mol. The first-order valence-corrected chi connectivity index (χ1v) is 10.9. The first-order valence-electron chi connectivity index (χ1n) is 10.5. The highest BCUT2D eigenvalue weighted by atomic mass is 35.5. The fourth-order valence-corrected chi connectivity index (χ4v) is 4.33. The van der Waals surface area contributed by atoms with Gasteiger partial charge in [-0.2, -0.15) is 0 Å². The SMILES string of the molecule is COc1cc(OC)c(-c2cn3ccc(N4CCN(c5ccccn5)CC4)cc3n2)cc1Cl. The molecule has 1 aromatic carbocycles. The molecule has 4 aromatic rings. The largest absolute Gasteiger partial charge is 0.496 e. The Balaban J connectivity index is 1.39. The van der Waals surface area contributed by atoms with E-state index >= 15 is 0 Å². The minimum Gasteiger partial charge on any atom is -0.496 e. The second kappa shape index (κ2) is 8.59. The van der Waals surface area contributed by atoms with E-state index in [2.05, 4.69) is 33.0 Å². The number of methoxy groups -OCH3 is 2. The zero-order valence-corrected chi connectivity index (χ0v) is 18.8. The summed E-state index contributed by atoms with van der Waals surface area (Å²) in [6, 6.07) is 13.9. The summed E-state index contributed by atoms with van der Waals surface area (Å²) in [4.78, 5) is 14.0. The summed E-state index contributed by atoms with van der Waals surface area (Å²) in [5.74, 6) is 2.27. The van der Waals surface area contributed by atoms with Gasteiger partial charge < -0.3 is 23.7 Å². The lowest BCUT2D eigenvalue weighted by Gasteiger charge is -2.36. The summed E-state index contributed by atoms with van der Waals surface area (Å²) in [6.07, 6.45) is 5.87. The number of ether oxygens (including phenoxy) is 2. The van der Waals surface area contributed by atoms with Crippen molar-refractivity contribution in [1.29, 1.82) is 0 Å². The molecular weight excluding hydrogens is 426 g/mol. The smallest absolute Gasteiger partial charge is 0.141 e. The van der Waals surface area contributed by atoms with Crippen molar-refractivity contribution in [3.8, 4) is 22.8 Å². The zero-order chi connectivity index (χ0) is 22.1. The van der Waals surface area contributed by atoms with Crippen LogP contribution in [0.4, 0.5) is 11.5 Å². The van der Waals surface area contributed by atoms with Gasteiger partial charge in [0.1, 0.15) is 23.0 Å². The molecule has 32 heavy (non-hydrogen) atoms. The molecule has 0 bridgehead atoms. The molecule has 1 fully saturated rings. The molecule has 0 aliphatic carbocycles. The van der Waals surface area contributed by atoms with E-state index in [9.17, 15) is 0 Å². The third-order valence-corrected chi connectivity index (χ3v) is 6.11. The van der Waals surface area contributed by atoms with Crippen molar-refractivity contribution in [2.75, 3.05) is 50.2 Å². The highest BCUT2D eigenvalue weighted by Gasteiger charge is 2.19. The van der Waals surface area contributed by atoms with Gasteiger partial charge in [0.05, 0.1) is 24.9 Å². The van der Waals surface area contributed by atoms with E-state index in [-0.39, 0.29) is 0 Å². The topological polar surface area (TPSA) is 55.1 Å². The standard InChI is InChI=1S/C24H24ClN5O2/c1-31-21-15-22(32-2)19(25)14-18(21)20-16-30-8-6-17(13-24(30)27-20)28-9-11-29(12-10-28)23-5-3-4-7-26-23/h3-8,13-16H,9-12H2,1-2H3. The molecule has 164 valence electrons. The summed E-state index contributed by atoms with van der Waals surface area (Å²) >= 11 is 6.36. The lowest BCUT2D eigenvalue weighted by molar-refractivity contribution is 0.395. The predicted octanol–water partition coefficient (Wildman–Crippen LogP) is 4.39. The van der Waals surface area contributed by atoms with Crippen LogP contribution in [0.3, 0.4) is 0 Å². The first-order chi connectivity index (χ1) is 15.7. The molecule has 0 spiro atoms. The molecule has 0 N–H and O–H groups in total. The van der Waals surface area contributed by atoms with E-state index < -0.39 is 0 Å². The number of fused-ring (bicyclic) bond motifs is 1. The lowest BCUT2D eigenvalue weighted by atomic mass is 10.1. The summed E-state index contributed by atoms with van der Waals surface area (Å²) in [7, 11) is 3.22. The number of hydrogen-bond donors (Lipinski definition) is 0. The van der Waals surface area contributed by atoms with Crippen LogP contribution in [0.1, 0.15) is 0 Å². The van der Waals surface area contributed by atoms with Crippen LogP contribution < -0.4 is 19.3 Å². The van der Waals surface area contributed by atoms with E-state index in [1.54, 1.807) is 20.3 Å². The Bertz CT molecular complexity index is 1240. The van der Waals surface area contributed by atoms with Crippen LogP contribution in [0.2, 0.25) is 5.02 Å².